The number of carbonyl (C=O) groups is 1. The molecule has 3 aliphatic rings. The molecule has 3 heterocycles. The number of hydrogen-bond donors (Lipinski definition) is 1. The molecule has 1 atom stereocenters. The summed E-state index contributed by atoms with van der Waals surface area (Å²) in [7, 11) is 0. The smallest absolute Gasteiger partial charge is 0.223 e. The molecule has 142 valence electrons. The molecule has 26 heavy (non-hydrogen) atoms. The molecule has 1 aromatic carbocycles. The number of piperidine rings is 2. The minimum absolute atomic E-state index is 0.213. The van der Waals surface area contributed by atoms with Crippen molar-refractivity contribution in [1.82, 2.24) is 15.1 Å². The van der Waals surface area contributed by atoms with Gasteiger partial charge in [-0.3, -0.25) is 4.79 Å². The molecular weight excluding hydrogens is 346 g/mol. The first-order valence-corrected chi connectivity index (χ1v) is 10.5. The van der Waals surface area contributed by atoms with Gasteiger partial charge in [-0.1, -0.05) is 23.7 Å². The van der Waals surface area contributed by atoms with Gasteiger partial charge in [-0.25, -0.2) is 0 Å². The summed E-state index contributed by atoms with van der Waals surface area (Å²) < 4.78 is 0. The van der Waals surface area contributed by atoms with Gasteiger partial charge in [0, 0.05) is 31.1 Å². The first kappa shape index (κ1) is 18.3. The van der Waals surface area contributed by atoms with Crippen LogP contribution >= 0.6 is 11.6 Å². The summed E-state index contributed by atoms with van der Waals surface area (Å²) in [5.74, 6) is 1.13. The van der Waals surface area contributed by atoms with E-state index >= 15 is 0 Å². The van der Waals surface area contributed by atoms with Crippen molar-refractivity contribution in [3.63, 3.8) is 0 Å². The molecule has 1 N–H and O–H groups in total. The molecule has 4 rings (SSSR count). The van der Waals surface area contributed by atoms with Crippen molar-refractivity contribution in [2.45, 2.75) is 38.6 Å². The normalized spacial score (nSPS) is 26.6. The van der Waals surface area contributed by atoms with Crippen LogP contribution in [0.3, 0.4) is 0 Å². The van der Waals surface area contributed by atoms with E-state index < -0.39 is 0 Å². The number of halogens is 1. The molecule has 0 radical (unpaired) electrons. The Balaban J connectivity index is 1.30. The molecule has 0 unspecified atom stereocenters. The van der Waals surface area contributed by atoms with Crippen molar-refractivity contribution in [3.8, 4) is 0 Å². The minimum atomic E-state index is 0.213. The summed E-state index contributed by atoms with van der Waals surface area (Å²) in [5.41, 5.74) is 1.38. The van der Waals surface area contributed by atoms with Gasteiger partial charge < -0.3 is 15.1 Å². The van der Waals surface area contributed by atoms with Gasteiger partial charge in [-0.15, -0.1) is 0 Å². The summed E-state index contributed by atoms with van der Waals surface area (Å²) in [6.07, 6.45) is 5.74. The van der Waals surface area contributed by atoms with Crippen LogP contribution in [0.15, 0.2) is 24.3 Å². The lowest BCUT2D eigenvalue weighted by atomic mass is 9.77. The van der Waals surface area contributed by atoms with E-state index in [9.17, 15) is 4.79 Å². The zero-order valence-corrected chi connectivity index (χ0v) is 16.3. The first-order valence-electron chi connectivity index (χ1n) is 10.1. The van der Waals surface area contributed by atoms with Gasteiger partial charge in [0.2, 0.25) is 5.91 Å². The molecule has 3 aliphatic heterocycles. The van der Waals surface area contributed by atoms with E-state index in [4.69, 9.17) is 11.6 Å². The maximum Gasteiger partial charge on any atom is 0.223 e. The van der Waals surface area contributed by atoms with Gasteiger partial charge in [-0.05, 0) is 80.9 Å². The van der Waals surface area contributed by atoms with Crippen LogP contribution in [0.5, 0.6) is 0 Å². The van der Waals surface area contributed by atoms with Gasteiger partial charge in [0.05, 0.1) is 0 Å². The fraction of sp³-hybridized carbons (Fsp3) is 0.667. The fourth-order valence-electron chi connectivity index (χ4n) is 4.93. The Kier molecular flexibility index (Phi) is 5.53. The van der Waals surface area contributed by atoms with Crippen molar-refractivity contribution < 1.29 is 4.79 Å². The van der Waals surface area contributed by atoms with E-state index in [1.54, 1.807) is 0 Å². The molecule has 4 nitrogen and oxygen atoms in total. The standard InChI is InChI=1S/C21H30ClN3O/c22-19-5-3-17(4-6-19)15-25-16-21(12-20(25)26)7-10-24(11-8-21)14-18-2-1-9-23-13-18/h3-6,18,23H,1-2,7-16H2/t18-/m0/s1. The second-order valence-corrected chi connectivity index (χ2v) is 9.00. The monoisotopic (exact) mass is 375 g/mol. The van der Waals surface area contributed by atoms with Gasteiger partial charge in [0.15, 0.2) is 0 Å². The van der Waals surface area contributed by atoms with Gasteiger partial charge in [0.25, 0.3) is 0 Å². The summed E-state index contributed by atoms with van der Waals surface area (Å²) >= 11 is 5.97. The average molecular weight is 376 g/mol. The number of rotatable bonds is 4. The summed E-state index contributed by atoms with van der Waals surface area (Å²) in [6, 6.07) is 7.88. The molecule has 1 spiro atoms. The number of likely N-dealkylation sites (tertiary alicyclic amines) is 2. The Labute approximate surface area is 161 Å². The van der Waals surface area contributed by atoms with E-state index in [0.717, 1.165) is 56.4 Å². The van der Waals surface area contributed by atoms with Crippen molar-refractivity contribution in [1.29, 1.82) is 0 Å². The van der Waals surface area contributed by atoms with Crippen LogP contribution in [0.2, 0.25) is 5.02 Å². The highest BCUT2D eigenvalue weighted by molar-refractivity contribution is 6.30. The van der Waals surface area contributed by atoms with Gasteiger partial charge >= 0.3 is 0 Å². The lowest BCUT2D eigenvalue weighted by Crippen LogP contribution is -2.45. The van der Waals surface area contributed by atoms with Crippen molar-refractivity contribution in [2.24, 2.45) is 11.3 Å². The first-order chi connectivity index (χ1) is 12.6. The van der Waals surface area contributed by atoms with Crippen LogP contribution < -0.4 is 5.32 Å². The van der Waals surface area contributed by atoms with Crippen LogP contribution in [0.1, 0.15) is 37.7 Å². The average Bonchev–Trinajstić information content (AvgIpc) is 2.95. The highest BCUT2D eigenvalue weighted by Gasteiger charge is 2.44. The quantitative estimate of drug-likeness (QED) is 0.878. The summed E-state index contributed by atoms with van der Waals surface area (Å²) in [5, 5.41) is 4.27. The SMILES string of the molecule is O=C1CC2(CCN(C[C@H]3CCCNC3)CC2)CN1Cc1ccc(Cl)cc1. The van der Waals surface area contributed by atoms with Crippen molar-refractivity contribution in [3.05, 3.63) is 34.9 Å². The molecule has 1 aromatic rings. The molecule has 3 fully saturated rings. The van der Waals surface area contributed by atoms with Crippen LogP contribution in [-0.4, -0.2) is 55.0 Å². The molecule has 5 heteroatoms. The van der Waals surface area contributed by atoms with E-state index in [2.05, 4.69) is 15.1 Å². The third-order valence-electron chi connectivity index (χ3n) is 6.52. The number of nitrogens with zero attached hydrogens (tertiary/aromatic N) is 2. The van der Waals surface area contributed by atoms with Gasteiger partial charge in [0.1, 0.15) is 0 Å². The molecule has 0 bridgehead atoms. The Morgan fingerprint density at radius 2 is 1.96 bits per heavy atom. The third-order valence-corrected chi connectivity index (χ3v) is 6.78. The zero-order valence-electron chi connectivity index (χ0n) is 15.6. The zero-order chi connectivity index (χ0) is 18.0. The fourth-order valence-corrected chi connectivity index (χ4v) is 5.05. The molecule has 1 amide bonds. The van der Waals surface area contributed by atoms with Gasteiger partial charge in [-0.2, -0.15) is 0 Å². The van der Waals surface area contributed by atoms with E-state index in [1.165, 1.54) is 38.0 Å². The van der Waals surface area contributed by atoms with Crippen LogP contribution in [0.25, 0.3) is 0 Å². The maximum absolute atomic E-state index is 12.6. The van der Waals surface area contributed by atoms with E-state index in [-0.39, 0.29) is 5.41 Å². The van der Waals surface area contributed by atoms with Crippen LogP contribution in [0.4, 0.5) is 0 Å². The minimum Gasteiger partial charge on any atom is -0.338 e. The Hall–Kier alpha value is -1.10. The topological polar surface area (TPSA) is 35.6 Å². The lowest BCUT2D eigenvalue weighted by Gasteiger charge is -2.40. The number of hydrogen-bond acceptors (Lipinski definition) is 3. The molecule has 3 saturated heterocycles. The molecule has 0 aromatic heterocycles. The largest absolute Gasteiger partial charge is 0.338 e. The van der Waals surface area contributed by atoms with Crippen molar-refractivity contribution >= 4 is 17.5 Å². The van der Waals surface area contributed by atoms with Crippen LogP contribution in [-0.2, 0) is 11.3 Å². The number of amides is 1. The highest BCUT2D eigenvalue weighted by Crippen LogP contribution is 2.41. The second-order valence-electron chi connectivity index (χ2n) is 8.57. The lowest BCUT2D eigenvalue weighted by molar-refractivity contribution is -0.128. The number of benzene rings is 1. The molecular formula is C21H30ClN3O. The molecule has 0 saturated carbocycles. The van der Waals surface area contributed by atoms with Crippen molar-refractivity contribution in [2.75, 3.05) is 39.3 Å². The van der Waals surface area contributed by atoms with E-state index in [0.29, 0.717) is 5.91 Å². The predicted octanol–water partition coefficient (Wildman–Crippen LogP) is 3.15. The molecule has 0 aliphatic carbocycles. The summed E-state index contributed by atoms with van der Waals surface area (Å²) in [4.78, 5) is 17.3. The maximum atomic E-state index is 12.6. The Morgan fingerprint density at radius 1 is 1.19 bits per heavy atom. The Morgan fingerprint density at radius 3 is 2.65 bits per heavy atom. The highest BCUT2D eigenvalue weighted by atomic mass is 35.5. The third kappa shape index (κ3) is 4.24. The summed E-state index contributed by atoms with van der Waals surface area (Å²) in [6.45, 7) is 7.53. The number of nitrogens with one attached hydrogen (secondary N) is 1. The second kappa shape index (κ2) is 7.87. The van der Waals surface area contributed by atoms with Crippen LogP contribution in [0, 0.1) is 11.3 Å². The predicted molar refractivity (Wildman–Crippen MR) is 105 cm³/mol. The Bertz CT molecular complexity index is 619. The van der Waals surface area contributed by atoms with E-state index in [1.807, 2.05) is 24.3 Å². The number of carbonyl (C=O) groups excluding carboxylic acids is 1.